The van der Waals surface area contributed by atoms with Crippen molar-refractivity contribution in [3.05, 3.63) is 59.9 Å². The zero-order valence-corrected chi connectivity index (χ0v) is 13.5. The summed E-state index contributed by atoms with van der Waals surface area (Å²) in [4.78, 5) is 28.1. The van der Waals surface area contributed by atoms with Crippen LogP contribution in [0.25, 0.3) is 0 Å². The molecule has 0 aliphatic carbocycles. The Balaban J connectivity index is 1.90. The van der Waals surface area contributed by atoms with E-state index in [0.717, 1.165) is 11.1 Å². The Kier molecular flexibility index (Phi) is 6.31. The molecule has 1 amide bonds. The van der Waals surface area contributed by atoms with Crippen LogP contribution < -0.4 is 4.74 Å². The zero-order chi connectivity index (χ0) is 17.4. The van der Waals surface area contributed by atoms with Gasteiger partial charge in [-0.1, -0.05) is 18.2 Å². The lowest BCUT2D eigenvalue weighted by Gasteiger charge is -2.16. The molecule has 0 saturated heterocycles. The van der Waals surface area contributed by atoms with E-state index in [-0.39, 0.29) is 25.3 Å². The minimum absolute atomic E-state index is 0.0590. The van der Waals surface area contributed by atoms with E-state index in [0.29, 0.717) is 12.4 Å². The fourth-order valence-corrected chi connectivity index (χ4v) is 2.09. The minimum Gasteiger partial charge on any atom is -0.489 e. The van der Waals surface area contributed by atoms with Crippen LogP contribution in [0.5, 0.6) is 5.75 Å². The van der Waals surface area contributed by atoms with Gasteiger partial charge in [-0.2, -0.15) is 0 Å². The van der Waals surface area contributed by atoms with Crippen LogP contribution >= 0.6 is 0 Å². The van der Waals surface area contributed by atoms with E-state index >= 15 is 0 Å². The summed E-state index contributed by atoms with van der Waals surface area (Å²) in [5, 5.41) is 8.66. The molecule has 0 fully saturated rings. The van der Waals surface area contributed by atoms with E-state index in [2.05, 4.69) is 4.98 Å². The van der Waals surface area contributed by atoms with Gasteiger partial charge in [0.25, 0.3) is 0 Å². The number of hydrogen-bond acceptors (Lipinski definition) is 4. The van der Waals surface area contributed by atoms with Crippen LogP contribution in [0.1, 0.15) is 17.5 Å². The number of carbonyl (C=O) groups excluding carboxylic acids is 1. The molecule has 24 heavy (non-hydrogen) atoms. The van der Waals surface area contributed by atoms with Crippen LogP contribution in [0.3, 0.4) is 0 Å². The summed E-state index contributed by atoms with van der Waals surface area (Å²) in [6.07, 6.45) is 3.60. The molecule has 0 aliphatic rings. The summed E-state index contributed by atoms with van der Waals surface area (Å²) >= 11 is 0. The molecule has 0 unspecified atom stereocenters. The molecule has 0 radical (unpaired) electrons. The zero-order valence-electron chi connectivity index (χ0n) is 13.5. The number of aromatic nitrogens is 1. The molecule has 0 saturated carbocycles. The largest absolute Gasteiger partial charge is 0.489 e. The molecule has 0 atom stereocenters. The standard InChI is InChI=1S/C18H20N2O4/c1-20(9-7-18(22)23)17(21)11-14-4-2-6-16(10-14)24-13-15-5-3-8-19-12-15/h2-6,8,10,12H,7,9,11,13H2,1H3,(H,22,23). The number of nitrogens with zero attached hydrogens (tertiary/aromatic N) is 2. The Bertz CT molecular complexity index is 688. The molecular formula is C18H20N2O4. The first kappa shape index (κ1) is 17.5. The number of carbonyl (C=O) groups is 2. The van der Waals surface area contributed by atoms with Crippen molar-refractivity contribution in [1.29, 1.82) is 0 Å². The van der Waals surface area contributed by atoms with Gasteiger partial charge in [-0.15, -0.1) is 0 Å². The lowest BCUT2D eigenvalue weighted by Crippen LogP contribution is -2.30. The second-order valence-electron chi connectivity index (χ2n) is 5.43. The van der Waals surface area contributed by atoms with Gasteiger partial charge in [0, 0.05) is 31.5 Å². The molecular weight excluding hydrogens is 308 g/mol. The van der Waals surface area contributed by atoms with Gasteiger partial charge < -0.3 is 14.7 Å². The van der Waals surface area contributed by atoms with Gasteiger partial charge in [0.15, 0.2) is 0 Å². The fraction of sp³-hybridized carbons (Fsp3) is 0.278. The van der Waals surface area contributed by atoms with Crippen molar-refractivity contribution in [3.8, 4) is 5.75 Å². The number of likely N-dealkylation sites (N-methyl/N-ethyl adjacent to an activating group) is 1. The van der Waals surface area contributed by atoms with Gasteiger partial charge in [-0.25, -0.2) is 0 Å². The highest BCUT2D eigenvalue weighted by atomic mass is 16.5. The van der Waals surface area contributed by atoms with Crippen LogP contribution in [0, 0.1) is 0 Å². The maximum Gasteiger partial charge on any atom is 0.305 e. The normalized spacial score (nSPS) is 10.2. The number of carboxylic acids is 1. The van der Waals surface area contributed by atoms with E-state index in [1.54, 1.807) is 19.4 Å². The van der Waals surface area contributed by atoms with Gasteiger partial charge in [0.2, 0.25) is 5.91 Å². The minimum atomic E-state index is -0.916. The number of rotatable bonds is 8. The number of pyridine rings is 1. The first-order valence-corrected chi connectivity index (χ1v) is 7.61. The third-order valence-electron chi connectivity index (χ3n) is 3.47. The van der Waals surface area contributed by atoms with Gasteiger partial charge in [-0.3, -0.25) is 14.6 Å². The molecule has 0 spiro atoms. The summed E-state index contributed by atoms with van der Waals surface area (Å²) < 4.78 is 5.71. The van der Waals surface area contributed by atoms with Crippen molar-refractivity contribution in [2.45, 2.75) is 19.4 Å². The van der Waals surface area contributed by atoms with Crippen molar-refractivity contribution >= 4 is 11.9 Å². The fourth-order valence-electron chi connectivity index (χ4n) is 2.09. The molecule has 6 heteroatoms. The third kappa shape index (κ3) is 5.72. The number of aliphatic carboxylic acids is 1. The second-order valence-corrected chi connectivity index (χ2v) is 5.43. The van der Waals surface area contributed by atoms with Crippen molar-refractivity contribution in [2.24, 2.45) is 0 Å². The summed E-state index contributed by atoms with van der Waals surface area (Å²) in [7, 11) is 1.61. The first-order chi connectivity index (χ1) is 11.5. The number of ether oxygens (including phenoxy) is 1. The number of hydrogen-bond donors (Lipinski definition) is 1. The van der Waals surface area contributed by atoms with Crippen LogP contribution in [0.4, 0.5) is 0 Å². The molecule has 126 valence electrons. The predicted octanol–water partition coefficient (Wildman–Crippen LogP) is 2.14. The van der Waals surface area contributed by atoms with Crippen molar-refractivity contribution in [1.82, 2.24) is 9.88 Å². The third-order valence-corrected chi connectivity index (χ3v) is 3.47. The van der Waals surface area contributed by atoms with Crippen molar-refractivity contribution in [2.75, 3.05) is 13.6 Å². The Morgan fingerprint density at radius 1 is 1.21 bits per heavy atom. The topological polar surface area (TPSA) is 79.7 Å². The Hall–Kier alpha value is -2.89. The molecule has 1 N–H and O–H groups in total. The monoisotopic (exact) mass is 328 g/mol. The number of benzene rings is 1. The van der Waals surface area contributed by atoms with Crippen LogP contribution in [0.15, 0.2) is 48.8 Å². The highest BCUT2D eigenvalue weighted by molar-refractivity contribution is 5.79. The molecule has 1 heterocycles. The first-order valence-electron chi connectivity index (χ1n) is 7.61. The van der Waals surface area contributed by atoms with E-state index in [1.807, 2.05) is 36.4 Å². The SMILES string of the molecule is CN(CCC(=O)O)C(=O)Cc1cccc(OCc2cccnc2)c1. The van der Waals surface area contributed by atoms with E-state index < -0.39 is 5.97 Å². The highest BCUT2D eigenvalue weighted by Crippen LogP contribution is 2.16. The van der Waals surface area contributed by atoms with Crippen LogP contribution in [-0.4, -0.2) is 40.5 Å². The van der Waals surface area contributed by atoms with Crippen LogP contribution in [-0.2, 0) is 22.6 Å². The molecule has 6 nitrogen and oxygen atoms in total. The predicted molar refractivity (Wildman–Crippen MR) is 88.6 cm³/mol. The van der Waals surface area contributed by atoms with Crippen molar-refractivity contribution < 1.29 is 19.4 Å². The Morgan fingerprint density at radius 3 is 2.71 bits per heavy atom. The number of amides is 1. The highest BCUT2D eigenvalue weighted by Gasteiger charge is 2.11. The van der Waals surface area contributed by atoms with Gasteiger partial charge in [-0.05, 0) is 23.8 Å². The molecule has 0 bridgehead atoms. The average Bonchev–Trinajstić information content (AvgIpc) is 2.59. The summed E-state index contributed by atoms with van der Waals surface area (Å²) in [5.74, 6) is -0.363. The molecule has 2 aromatic rings. The Labute approximate surface area is 140 Å². The van der Waals surface area contributed by atoms with Gasteiger partial charge >= 0.3 is 5.97 Å². The summed E-state index contributed by atoms with van der Waals surface area (Å²) in [5.41, 5.74) is 1.79. The van der Waals surface area contributed by atoms with E-state index in [4.69, 9.17) is 9.84 Å². The van der Waals surface area contributed by atoms with E-state index in [9.17, 15) is 9.59 Å². The second kappa shape index (κ2) is 8.67. The lowest BCUT2D eigenvalue weighted by atomic mass is 10.1. The van der Waals surface area contributed by atoms with Gasteiger partial charge in [0.05, 0.1) is 12.8 Å². The Morgan fingerprint density at radius 2 is 2.00 bits per heavy atom. The van der Waals surface area contributed by atoms with Crippen molar-refractivity contribution in [3.63, 3.8) is 0 Å². The molecule has 0 aliphatic heterocycles. The average molecular weight is 328 g/mol. The maximum absolute atomic E-state index is 12.1. The smallest absolute Gasteiger partial charge is 0.305 e. The van der Waals surface area contributed by atoms with Crippen LogP contribution in [0.2, 0.25) is 0 Å². The summed E-state index contributed by atoms with van der Waals surface area (Å²) in [6.45, 7) is 0.606. The molecule has 1 aromatic carbocycles. The lowest BCUT2D eigenvalue weighted by molar-refractivity contribution is -0.138. The van der Waals surface area contributed by atoms with E-state index in [1.165, 1.54) is 4.90 Å². The molecule has 1 aromatic heterocycles. The summed E-state index contributed by atoms with van der Waals surface area (Å²) in [6, 6.07) is 11.1. The van der Waals surface area contributed by atoms with Gasteiger partial charge in [0.1, 0.15) is 12.4 Å². The molecule has 2 rings (SSSR count). The number of carboxylic acid groups (broad SMARTS) is 1. The maximum atomic E-state index is 12.1. The quantitative estimate of drug-likeness (QED) is 0.803.